The van der Waals surface area contributed by atoms with Gasteiger partial charge in [0, 0.05) is 11.9 Å². The first-order valence-corrected chi connectivity index (χ1v) is 5.10. The molecule has 2 aromatic rings. The monoisotopic (exact) mass is 213 g/mol. The van der Waals surface area contributed by atoms with Crippen molar-refractivity contribution in [3.8, 4) is 5.69 Å². The highest BCUT2D eigenvalue weighted by molar-refractivity contribution is 5.97. The molecule has 3 rings (SSSR count). The lowest BCUT2D eigenvalue weighted by atomic mass is 10.2. The molecule has 1 amide bonds. The summed E-state index contributed by atoms with van der Waals surface area (Å²) in [5.74, 6) is -0.00991. The first-order chi connectivity index (χ1) is 7.75. The summed E-state index contributed by atoms with van der Waals surface area (Å²) in [6.45, 7) is 0. The van der Waals surface area contributed by atoms with Gasteiger partial charge in [-0.2, -0.15) is 0 Å². The number of rotatable bonds is 0. The van der Waals surface area contributed by atoms with Crippen molar-refractivity contribution in [1.82, 2.24) is 4.57 Å². The Labute approximate surface area is 92.7 Å². The smallest absolute Gasteiger partial charge is 0.230 e. The second kappa shape index (κ2) is 3.13. The lowest BCUT2D eigenvalue weighted by molar-refractivity contribution is -0.115. The summed E-state index contributed by atoms with van der Waals surface area (Å²) in [5.41, 5.74) is 9.19. The Morgan fingerprint density at radius 1 is 1.25 bits per heavy atom. The molecule has 0 spiro atoms. The van der Waals surface area contributed by atoms with Crippen LogP contribution < -0.4 is 11.1 Å². The van der Waals surface area contributed by atoms with Crippen LogP contribution in [0.5, 0.6) is 0 Å². The highest BCUT2D eigenvalue weighted by Gasteiger charge is 2.18. The van der Waals surface area contributed by atoms with Gasteiger partial charge in [-0.25, -0.2) is 0 Å². The maximum Gasteiger partial charge on any atom is 0.230 e. The predicted molar refractivity (Wildman–Crippen MR) is 62.5 cm³/mol. The Hall–Kier alpha value is -2.23. The molecule has 1 aliphatic rings. The molecule has 2 heterocycles. The van der Waals surface area contributed by atoms with Crippen molar-refractivity contribution in [3.05, 3.63) is 42.2 Å². The Morgan fingerprint density at radius 2 is 2.12 bits per heavy atom. The summed E-state index contributed by atoms with van der Waals surface area (Å²) >= 11 is 0. The van der Waals surface area contributed by atoms with Crippen LogP contribution >= 0.6 is 0 Å². The summed E-state index contributed by atoms with van der Waals surface area (Å²) < 4.78 is 1.96. The van der Waals surface area contributed by atoms with Crippen LogP contribution in [0.3, 0.4) is 0 Å². The van der Waals surface area contributed by atoms with Gasteiger partial charge >= 0.3 is 0 Å². The minimum absolute atomic E-state index is 0.00991. The fraction of sp³-hybridized carbons (Fsp3) is 0.0833. The first kappa shape index (κ1) is 9.03. The van der Waals surface area contributed by atoms with Crippen LogP contribution in [0, 0.1) is 0 Å². The van der Waals surface area contributed by atoms with E-state index in [1.165, 1.54) is 0 Å². The van der Waals surface area contributed by atoms with Gasteiger partial charge in [-0.15, -0.1) is 0 Å². The molecule has 16 heavy (non-hydrogen) atoms. The van der Waals surface area contributed by atoms with E-state index in [9.17, 15) is 4.79 Å². The molecule has 4 heteroatoms. The SMILES string of the molecule is Nc1cccc2c1-n1cccc1CC(=O)N2. The van der Waals surface area contributed by atoms with Crippen LogP contribution in [-0.4, -0.2) is 10.5 Å². The van der Waals surface area contributed by atoms with Gasteiger partial charge in [0.15, 0.2) is 0 Å². The first-order valence-electron chi connectivity index (χ1n) is 5.10. The number of benzene rings is 1. The number of fused-ring (bicyclic) bond motifs is 3. The number of nitrogens with two attached hydrogens (primary N) is 1. The second-order valence-electron chi connectivity index (χ2n) is 3.84. The van der Waals surface area contributed by atoms with E-state index in [0.717, 1.165) is 17.1 Å². The molecular formula is C12H11N3O. The molecule has 0 unspecified atom stereocenters. The van der Waals surface area contributed by atoms with Crippen LogP contribution in [0.1, 0.15) is 5.69 Å². The van der Waals surface area contributed by atoms with Crippen LogP contribution in [0.2, 0.25) is 0 Å². The molecular weight excluding hydrogens is 202 g/mol. The van der Waals surface area contributed by atoms with E-state index in [4.69, 9.17) is 5.73 Å². The molecule has 1 aliphatic heterocycles. The molecule has 0 atom stereocenters. The minimum Gasteiger partial charge on any atom is -0.397 e. The van der Waals surface area contributed by atoms with Gasteiger partial charge < -0.3 is 15.6 Å². The van der Waals surface area contributed by atoms with Crippen molar-refractivity contribution in [2.75, 3.05) is 11.1 Å². The van der Waals surface area contributed by atoms with Crippen molar-refractivity contribution < 1.29 is 4.79 Å². The maximum absolute atomic E-state index is 11.7. The summed E-state index contributed by atoms with van der Waals surface area (Å²) in [5, 5.41) is 2.86. The van der Waals surface area contributed by atoms with Crippen molar-refractivity contribution in [3.63, 3.8) is 0 Å². The number of nitrogens with zero attached hydrogens (tertiary/aromatic N) is 1. The molecule has 0 fully saturated rings. The van der Waals surface area contributed by atoms with E-state index in [0.29, 0.717) is 12.1 Å². The number of para-hydroxylation sites is 1. The number of amides is 1. The predicted octanol–water partition coefficient (Wildman–Crippen LogP) is 1.55. The molecule has 0 bridgehead atoms. The van der Waals surface area contributed by atoms with E-state index in [2.05, 4.69) is 5.32 Å². The van der Waals surface area contributed by atoms with Gasteiger partial charge in [0.1, 0.15) is 0 Å². The highest BCUT2D eigenvalue weighted by atomic mass is 16.1. The molecule has 1 aromatic heterocycles. The third-order valence-electron chi connectivity index (χ3n) is 2.76. The number of hydrogen-bond acceptors (Lipinski definition) is 2. The lowest BCUT2D eigenvalue weighted by Crippen LogP contribution is -2.12. The van der Waals surface area contributed by atoms with E-state index in [1.807, 2.05) is 41.1 Å². The zero-order valence-electron chi connectivity index (χ0n) is 8.60. The minimum atomic E-state index is -0.00991. The number of anilines is 2. The zero-order valence-corrected chi connectivity index (χ0v) is 8.60. The van der Waals surface area contributed by atoms with E-state index in [-0.39, 0.29) is 5.91 Å². The normalized spacial score (nSPS) is 13.6. The maximum atomic E-state index is 11.7. The van der Waals surface area contributed by atoms with Gasteiger partial charge in [-0.3, -0.25) is 4.79 Å². The summed E-state index contributed by atoms with van der Waals surface area (Å²) in [6.07, 6.45) is 2.30. The van der Waals surface area contributed by atoms with Gasteiger partial charge in [0.05, 0.1) is 23.5 Å². The van der Waals surface area contributed by atoms with Crippen molar-refractivity contribution >= 4 is 17.3 Å². The van der Waals surface area contributed by atoms with E-state index < -0.39 is 0 Å². The highest BCUT2D eigenvalue weighted by Crippen LogP contribution is 2.30. The van der Waals surface area contributed by atoms with Crippen LogP contribution in [0.25, 0.3) is 5.69 Å². The third kappa shape index (κ3) is 1.20. The number of carbonyl (C=O) groups excluding carboxylic acids is 1. The molecule has 0 radical (unpaired) electrons. The topological polar surface area (TPSA) is 60.0 Å². The zero-order chi connectivity index (χ0) is 11.1. The Kier molecular flexibility index (Phi) is 1.77. The molecule has 0 aliphatic carbocycles. The largest absolute Gasteiger partial charge is 0.397 e. The average molecular weight is 213 g/mol. The molecule has 4 nitrogen and oxygen atoms in total. The number of aromatic nitrogens is 1. The van der Waals surface area contributed by atoms with Crippen molar-refractivity contribution in [2.45, 2.75) is 6.42 Å². The number of hydrogen-bond donors (Lipinski definition) is 2. The fourth-order valence-corrected chi connectivity index (χ4v) is 2.07. The number of carbonyl (C=O) groups is 1. The Balaban J connectivity index is 2.34. The molecule has 1 aromatic carbocycles. The number of nitrogen functional groups attached to an aromatic ring is 1. The average Bonchev–Trinajstić information content (AvgIpc) is 2.61. The van der Waals surface area contributed by atoms with Crippen LogP contribution in [-0.2, 0) is 11.2 Å². The van der Waals surface area contributed by atoms with Gasteiger partial charge in [0.25, 0.3) is 0 Å². The number of nitrogens with one attached hydrogen (secondary N) is 1. The van der Waals surface area contributed by atoms with E-state index >= 15 is 0 Å². The molecule has 3 N–H and O–H groups in total. The third-order valence-corrected chi connectivity index (χ3v) is 2.76. The molecule has 0 saturated heterocycles. The summed E-state index contributed by atoms with van der Waals surface area (Å²) in [6, 6.07) is 9.38. The lowest BCUT2D eigenvalue weighted by Gasteiger charge is -2.11. The van der Waals surface area contributed by atoms with Gasteiger partial charge in [0.2, 0.25) is 5.91 Å². The standard InChI is InChI=1S/C12H11N3O/c13-9-4-1-5-10-12(9)15-6-2-3-8(15)7-11(16)14-10/h1-6H,7,13H2,(H,14,16). The van der Waals surface area contributed by atoms with Gasteiger partial charge in [-0.1, -0.05) is 6.07 Å². The Morgan fingerprint density at radius 3 is 3.00 bits per heavy atom. The fourth-order valence-electron chi connectivity index (χ4n) is 2.07. The quantitative estimate of drug-likeness (QED) is 0.652. The van der Waals surface area contributed by atoms with Crippen LogP contribution in [0.4, 0.5) is 11.4 Å². The molecule has 80 valence electrons. The van der Waals surface area contributed by atoms with Crippen molar-refractivity contribution in [1.29, 1.82) is 0 Å². The summed E-state index contributed by atoms with van der Waals surface area (Å²) in [4.78, 5) is 11.7. The Bertz CT molecular complexity index is 571. The van der Waals surface area contributed by atoms with E-state index in [1.54, 1.807) is 0 Å². The van der Waals surface area contributed by atoms with Crippen LogP contribution in [0.15, 0.2) is 36.5 Å². The summed E-state index contributed by atoms with van der Waals surface area (Å²) in [7, 11) is 0. The second-order valence-corrected chi connectivity index (χ2v) is 3.84. The van der Waals surface area contributed by atoms with Crippen molar-refractivity contribution in [2.24, 2.45) is 0 Å². The molecule has 0 saturated carbocycles. The van der Waals surface area contributed by atoms with Gasteiger partial charge in [-0.05, 0) is 24.3 Å².